The molecule has 1 nitrogen and oxygen atoms in total. The van der Waals surface area contributed by atoms with E-state index in [1.54, 1.807) is 13.2 Å². The van der Waals surface area contributed by atoms with Gasteiger partial charge in [-0.1, -0.05) is 63.4 Å². The van der Waals surface area contributed by atoms with Gasteiger partial charge in [0.15, 0.2) is 0 Å². The van der Waals surface area contributed by atoms with Gasteiger partial charge in [-0.3, -0.25) is 0 Å². The predicted octanol–water partition coefficient (Wildman–Crippen LogP) is 6.07. The monoisotopic (exact) mass is 370 g/mol. The Morgan fingerprint density at radius 3 is 2.45 bits per heavy atom. The van der Waals surface area contributed by atoms with Crippen molar-refractivity contribution in [2.75, 3.05) is 7.11 Å². The van der Waals surface area contributed by atoms with Crippen LogP contribution in [0.4, 0.5) is 0 Å². The Morgan fingerprint density at radius 2 is 1.85 bits per heavy atom. The molecule has 0 fully saturated rings. The van der Waals surface area contributed by atoms with E-state index in [-0.39, 0.29) is 0 Å². The van der Waals surface area contributed by atoms with E-state index in [0.717, 1.165) is 32.8 Å². The lowest BCUT2D eigenvalue weighted by atomic mass is 10.1. The molecule has 0 aliphatic carbocycles. The summed E-state index contributed by atoms with van der Waals surface area (Å²) in [4.78, 5) is 0. The van der Waals surface area contributed by atoms with Crippen molar-refractivity contribution in [1.82, 2.24) is 0 Å². The SMILES string of the molecule is COc1ccc(/C=C/c2ccc(CBr)c(Cl)c2)c(Cl)c1. The van der Waals surface area contributed by atoms with Crippen molar-refractivity contribution in [3.05, 3.63) is 63.1 Å². The number of alkyl halides is 1. The maximum absolute atomic E-state index is 6.19. The van der Waals surface area contributed by atoms with Gasteiger partial charge >= 0.3 is 0 Å². The summed E-state index contributed by atoms with van der Waals surface area (Å²) in [5.74, 6) is 0.747. The number of halogens is 3. The van der Waals surface area contributed by atoms with Crippen LogP contribution < -0.4 is 4.74 Å². The zero-order valence-electron chi connectivity index (χ0n) is 10.9. The molecule has 0 unspecified atom stereocenters. The highest BCUT2D eigenvalue weighted by Gasteiger charge is 2.01. The van der Waals surface area contributed by atoms with Crippen LogP contribution in [0.2, 0.25) is 10.0 Å². The molecule has 0 amide bonds. The quantitative estimate of drug-likeness (QED) is 0.468. The van der Waals surface area contributed by atoms with Crippen LogP contribution in [-0.4, -0.2) is 7.11 Å². The molecule has 4 heteroatoms. The van der Waals surface area contributed by atoms with Crippen LogP contribution in [0.1, 0.15) is 16.7 Å². The molecule has 2 rings (SSSR count). The molecule has 2 aromatic carbocycles. The smallest absolute Gasteiger partial charge is 0.120 e. The topological polar surface area (TPSA) is 9.23 Å². The maximum atomic E-state index is 6.19. The van der Waals surface area contributed by atoms with Crippen molar-refractivity contribution >= 4 is 51.3 Å². The summed E-state index contributed by atoms with van der Waals surface area (Å²) in [6.45, 7) is 0. The van der Waals surface area contributed by atoms with Gasteiger partial charge in [0.2, 0.25) is 0 Å². The molecule has 0 radical (unpaired) electrons. The molecule has 0 N–H and O–H groups in total. The minimum Gasteiger partial charge on any atom is -0.497 e. The molecular formula is C16H13BrCl2O. The van der Waals surface area contributed by atoms with Crippen molar-refractivity contribution in [2.24, 2.45) is 0 Å². The molecule has 0 saturated carbocycles. The van der Waals surface area contributed by atoms with E-state index in [0.29, 0.717) is 5.02 Å². The van der Waals surface area contributed by atoms with Gasteiger partial charge in [-0.25, -0.2) is 0 Å². The molecule has 0 aliphatic rings. The van der Waals surface area contributed by atoms with Crippen molar-refractivity contribution in [1.29, 1.82) is 0 Å². The van der Waals surface area contributed by atoms with Gasteiger partial charge in [0.1, 0.15) is 5.75 Å². The fourth-order valence-corrected chi connectivity index (χ4v) is 2.87. The number of methoxy groups -OCH3 is 1. The third-order valence-corrected chi connectivity index (χ3v) is 4.17. The van der Waals surface area contributed by atoms with Crippen LogP contribution in [0.25, 0.3) is 12.2 Å². The molecule has 0 aromatic heterocycles. The Morgan fingerprint density at radius 1 is 1.05 bits per heavy atom. The van der Waals surface area contributed by atoms with Gasteiger partial charge in [0.25, 0.3) is 0 Å². The average molecular weight is 372 g/mol. The summed E-state index contributed by atoms with van der Waals surface area (Å²) in [6, 6.07) is 11.6. The van der Waals surface area contributed by atoms with Gasteiger partial charge in [-0.05, 0) is 41.0 Å². The van der Waals surface area contributed by atoms with E-state index in [1.165, 1.54) is 0 Å². The Labute approximate surface area is 137 Å². The molecule has 0 saturated heterocycles. The number of hydrogen-bond donors (Lipinski definition) is 0. The van der Waals surface area contributed by atoms with Crippen molar-refractivity contribution in [3.8, 4) is 5.75 Å². The Bertz CT molecular complexity index is 638. The fraction of sp³-hybridized carbons (Fsp3) is 0.125. The molecule has 20 heavy (non-hydrogen) atoms. The Kier molecular flexibility index (Phi) is 5.53. The van der Waals surface area contributed by atoms with Crippen LogP contribution in [-0.2, 0) is 5.33 Å². The van der Waals surface area contributed by atoms with Crippen molar-refractivity contribution in [2.45, 2.75) is 5.33 Å². The first-order valence-corrected chi connectivity index (χ1v) is 7.88. The first-order chi connectivity index (χ1) is 9.63. The first-order valence-electron chi connectivity index (χ1n) is 6.00. The number of ether oxygens (including phenoxy) is 1. The zero-order valence-corrected chi connectivity index (χ0v) is 14.0. The number of benzene rings is 2. The third-order valence-electron chi connectivity index (χ3n) is 2.88. The average Bonchev–Trinajstić information content (AvgIpc) is 2.46. The molecule has 0 spiro atoms. The van der Waals surface area contributed by atoms with Crippen LogP contribution in [0.5, 0.6) is 5.75 Å². The lowest BCUT2D eigenvalue weighted by Crippen LogP contribution is -1.84. The maximum Gasteiger partial charge on any atom is 0.120 e. The van der Waals surface area contributed by atoms with Crippen LogP contribution in [0, 0.1) is 0 Å². The first kappa shape index (κ1) is 15.4. The van der Waals surface area contributed by atoms with Gasteiger partial charge in [-0.15, -0.1) is 0 Å². The molecule has 0 aliphatic heterocycles. The molecular weight excluding hydrogens is 359 g/mol. The van der Waals surface area contributed by atoms with Gasteiger partial charge < -0.3 is 4.74 Å². The molecule has 2 aromatic rings. The second-order valence-corrected chi connectivity index (χ2v) is 5.58. The van der Waals surface area contributed by atoms with Gasteiger partial charge in [0, 0.05) is 10.4 Å². The predicted molar refractivity (Wildman–Crippen MR) is 91.0 cm³/mol. The number of rotatable bonds is 4. The van der Waals surface area contributed by atoms with Crippen LogP contribution in [0.15, 0.2) is 36.4 Å². The van der Waals surface area contributed by atoms with Crippen LogP contribution >= 0.6 is 39.1 Å². The minimum absolute atomic E-state index is 0.656. The molecule has 0 bridgehead atoms. The normalized spacial score (nSPS) is 11.0. The van der Waals surface area contributed by atoms with Crippen molar-refractivity contribution in [3.63, 3.8) is 0 Å². The molecule has 0 atom stereocenters. The zero-order chi connectivity index (χ0) is 14.5. The van der Waals surface area contributed by atoms with Crippen LogP contribution in [0.3, 0.4) is 0 Å². The summed E-state index contributed by atoms with van der Waals surface area (Å²) in [5, 5.41) is 2.16. The van der Waals surface area contributed by atoms with E-state index >= 15 is 0 Å². The van der Waals surface area contributed by atoms with E-state index < -0.39 is 0 Å². The second-order valence-electron chi connectivity index (χ2n) is 4.21. The fourth-order valence-electron chi connectivity index (χ4n) is 1.73. The highest BCUT2D eigenvalue weighted by Crippen LogP contribution is 2.25. The lowest BCUT2D eigenvalue weighted by Gasteiger charge is -2.03. The van der Waals surface area contributed by atoms with Gasteiger partial charge in [-0.2, -0.15) is 0 Å². The highest BCUT2D eigenvalue weighted by atomic mass is 79.9. The largest absolute Gasteiger partial charge is 0.497 e. The summed E-state index contributed by atoms with van der Waals surface area (Å²) in [6.07, 6.45) is 3.94. The molecule has 104 valence electrons. The Balaban J connectivity index is 2.23. The second kappa shape index (κ2) is 7.16. The summed E-state index contributed by atoms with van der Waals surface area (Å²) in [7, 11) is 1.62. The standard InChI is InChI=1S/C16H13BrCl2O/c1-20-14-7-6-12(16(19)9-14)4-2-11-3-5-13(10-17)15(18)8-11/h2-9H,10H2,1H3/b4-2+. The summed E-state index contributed by atoms with van der Waals surface area (Å²) in [5.41, 5.74) is 3.05. The molecule has 0 heterocycles. The van der Waals surface area contributed by atoms with E-state index in [1.807, 2.05) is 42.5 Å². The third kappa shape index (κ3) is 3.78. The van der Waals surface area contributed by atoms with E-state index in [9.17, 15) is 0 Å². The summed E-state index contributed by atoms with van der Waals surface area (Å²) < 4.78 is 5.12. The van der Waals surface area contributed by atoms with E-state index in [2.05, 4.69) is 15.9 Å². The summed E-state index contributed by atoms with van der Waals surface area (Å²) >= 11 is 15.8. The lowest BCUT2D eigenvalue weighted by molar-refractivity contribution is 0.415. The highest BCUT2D eigenvalue weighted by molar-refractivity contribution is 9.08. The minimum atomic E-state index is 0.656. The van der Waals surface area contributed by atoms with Gasteiger partial charge in [0.05, 0.1) is 12.1 Å². The number of hydrogen-bond acceptors (Lipinski definition) is 1. The van der Waals surface area contributed by atoms with E-state index in [4.69, 9.17) is 27.9 Å². The van der Waals surface area contributed by atoms with Crippen molar-refractivity contribution < 1.29 is 4.74 Å². The Hall–Kier alpha value is -0.960.